The van der Waals surface area contributed by atoms with Gasteiger partial charge >= 0.3 is 0 Å². The Morgan fingerprint density at radius 2 is 2.17 bits per heavy atom. The summed E-state index contributed by atoms with van der Waals surface area (Å²) in [5, 5.41) is 5.92. The molecule has 2 atom stereocenters. The molecular formula is C14H23N3S. The minimum atomic E-state index is 0.488. The highest BCUT2D eigenvalue weighted by atomic mass is 32.1. The number of nitrogens with one attached hydrogen (secondary N) is 1. The molecule has 0 spiro atoms. The maximum Gasteiger partial charge on any atom is 0.0389 e. The van der Waals surface area contributed by atoms with Crippen LogP contribution in [0.3, 0.4) is 0 Å². The Hall–Kier alpha value is -0.420. The molecule has 2 unspecified atom stereocenters. The van der Waals surface area contributed by atoms with Crippen molar-refractivity contribution in [2.75, 3.05) is 39.3 Å². The zero-order valence-electron chi connectivity index (χ0n) is 11.4. The molecule has 3 fully saturated rings. The van der Waals surface area contributed by atoms with E-state index in [1.54, 1.807) is 0 Å². The van der Waals surface area contributed by atoms with E-state index >= 15 is 0 Å². The molecule has 4 rings (SSSR count). The molecule has 4 heterocycles. The van der Waals surface area contributed by atoms with Crippen molar-refractivity contribution in [3.63, 3.8) is 0 Å². The molecule has 3 nitrogen and oxygen atoms in total. The first-order valence-corrected chi connectivity index (χ1v) is 7.86. The smallest absolute Gasteiger partial charge is 0.0389 e. The second-order valence-corrected chi connectivity index (χ2v) is 6.54. The van der Waals surface area contributed by atoms with Gasteiger partial charge in [-0.1, -0.05) is 0 Å². The van der Waals surface area contributed by atoms with Crippen molar-refractivity contribution in [1.29, 1.82) is 0 Å². The van der Waals surface area contributed by atoms with E-state index in [1.807, 2.05) is 11.3 Å². The maximum atomic E-state index is 3.72. The van der Waals surface area contributed by atoms with Gasteiger partial charge in [0.2, 0.25) is 0 Å². The van der Waals surface area contributed by atoms with Crippen molar-refractivity contribution in [1.82, 2.24) is 15.1 Å². The first-order chi connectivity index (χ1) is 8.74. The molecule has 1 aromatic heterocycles. The third-order valence-corrected chi connectivity index (χ3v) is 5.55. The number of thiophene rings is 1. The van der Waals surface area contributed by atoms with Crippen LogP contribution in [0.15, 0.2) is 11.4 Å². The zero-order chi connectivity index (χ0) is 12.5. The van der Waals surface area contributed by atoms with Gasteiger partial charge in [-0.15, -0.1) is 11.3 Å². The highest BCUT2D eigenvalue weighted by Gasteiger charge is 2.31. The lowest BCUT2D eigenvalue weighted by atomic mass is 10.1. The Morgan fingerprint density at radius 3 is 2.72 bits per heavy atom. The molecule has 0 amide bonds. The van der Waals surface area contributed by atoms with Gasteiger partial charge in [-0.25, -0.2) is 0 Å². The lowest BCUT2D eigenvalue weighted by Gasteiger charge is -2.47. The fraction of sp³-hybridized carbons (Fsp3) is 0.714. The van der Waals surface area contributed by atoms with E-state index in [0.717, 1.165) is 12.6 Å². The summed E-state index contributed by atoms with van der Waals surface area (Å²) in [6.07, 6.45) is 0. The Morgan fingerprint density at radius 1 is 1.39 bits per heavy atom. The maximum absolute atomic E-state index is 3.72. The predicted molar refractivity (Wildman–Crippen MR) is 77.3 cm³/mol. The molecular weight excluding hydrogens is 242 g/mol. The average molecular weight is 265 g/mol. The molecule has 2 bridgehead atoms. The molecule has 1 N–H and O–H groups in total. The van der Waals surface area contributed by atoms with Crippen molar-refractivity contribution in [3.8, 4) is 0 Å². The Kier molecular flexibility index (Phi) is 3.71. The Labute approximate surface area is 114 Å². The SMILES string of the molecule is Cc1ccsc1C(C)NCC1CN2CCN1CC2. The summed E-state index contributed by atoms with van der Waals surface area (Å²) in [4.78, 5) is 6.75. The van der Waals surface area contributed by atoms with Crippen molar-refractivity contribution in [2.24, 2.45) is 0 Å². The van der Waals surface area contributed by atoms with E-state index < -0.39 is 0 Å². The molecule has 3 aliphatic rings. The van der Waals surface area contributed by atoms with E-state index in [1.165, 1.54) is 43.2 Å². The highest BCUT2D eigenvalue weighted by Crippen LogP contribution is 2.24. The largest absolute Gasteiger partial charge is 0.308 e. The Balaban J connectivity index is 1.54. The molecule has 3 saturated heterocycles. The zero-order valence-corrected chi connectivity index (χ0v) is 12.2. The third kappa shape index (κ3) is 2.48. The summed E-state index contributed by atoms with van der Waals surface area (Å²) >= 11 is 1.87. The van der Waals surface area contributed by atoms with Crippen LogP contribution in [0.5, 0.6) is 0 Å². The summed E-state index contributed by atoms with van der Waals surface area (Å²) in [5.74, 6) is 0. The lowest BCUT2D eigenvalue weighted by molar-refractivity contribution is 0.0129. The quantitative estimate of drug-likeness (QED) is 0.894. The van der Waals surface area contributed by atoms with E-state index in [0.29, 0.717) is 6.04 Å². The number of fused-ring (bicyclic) bond motifs is 3. The van der Waals surface area contributed by atoms with E-state index in [4.69, 9.17) is 0 Å². The van der Waals surface area contributed by atoms with E-state index in [-0.39, 0.29) is 0 Å². The first kappa shape index (κ1) is 12.6. The molecule has 1 aromatic rings. The van der Waals surface area contributed by atoms with Crippen molar-refractivity contribution >= 4 is 11.3 Å². The van der Waals surface area contributed by atoms with Gasteiger partial charge in [0.25, 0.3) is 0 Å². The number of rotatable bonds is 4. The van der Waals surface area contributed by atoms with Crippen molar-refractivity contribution < 1.29 is 0 Å². The van der Waals surface area contributed by atoms with Crippen LogP contribution in [-0.2, 0) is 0 Å². The fourth-order valence-electron chi connectivity index (χ4n) is 3.15. The van der Waals surface area contributed by atoms with Crippen LogP contribution in [0.1, 0.15) is 23.4 Å². The third-order valence-electron chi connectivity index (χ3n) is 4.35. The number of hydrogen-bond donors (Lipinski definition) is 1. The highest BCUT2D eigenvalue weighted by molar-refractivity contribution is 7.10. The molecule has 0 saturated carbocycles. The Bertz CT molecular complexity index is 395. The number of piperazine rings is 3. The summed E-state index contributed by atoms with van der Waals surface area (Å²) in [6, 6.07) is 3.42. The summed E-state index contributed by atoms with van der Waals surface area (Å²) in [6.45, 7) is 11.9. The second-order valence-electron chi connectivity index (χ2n) is 5.59. The van der Waals surface area contributed by atoms with Gasteiger partial charge < -0.3 is 5.32 Å². The van der Waals surface area contributed by atoms with Crippen LogP contribution < -0.4 is 5.32 Å². The van der Waals surface area contributed by atoms with Crippen molar-refractivity contribution in [3.05, 3.63) is 21.9 Å². The summed E-state index contributed by atoms with van der Waals surface area (Å²) in [5.41, 5.74) is 1.43. The normalized spacial score (nSPS) is 32.7. The van der Waals surface area contributed by atoms with Gasteiger partial charge in [0.1, 0.15) is 0 Å². The van der Waals surface area contributed by atoms with E-state index in [9.17, 15) is 0 Å². The predicted octanol–water partition coefficient (Wildman–Crippen LogP) is 1.71. The van der Waals surface area contributed by atoms with Gasteiger partial charge in [0.15, 0.2) is 0 Å². The van der Waals surface area contributed by atoms with Crippen LogP contribution in [0.25, 0.3) is 0 Å². The van der Waals surface area contributed by atoms with Crippen molar-refractivity contribution in [2.45, 2.75) is 25.9 Å². The first-order valence-electron chi connectivity index (χ1n) is 6.98. The molecule has 0 radical (unpaired) electrons. The molecule has 4 heteroatoms. The minimum Gasteiger partial charge on any atom is -0.308 e. The van der Waals surface area contributed by atoms with E-state index in [2.05, 4.69) is 40.4 Å². The van der Waals surface area contributed by atoms with Gasteiger partial charge in [-0.3, -0.25) is 9.80 Å². The van der Waals surface area contributed by atoms with Crippen LogP contribution in [0, 0.1) is 6.92 Å². The molecule has 18 heavy (non-hydrogen) atoms. The van der Waals surface area contributed by atoms with Gasteiger partial charge in [-0.05, 0) is 30.9 Å². The van der Waals surface area contributed by atoms with Gasteiger partial charge in [0, 0.05) is 56.2 Å². The van der Waals surface area contributed by atoms with Crippen LogP contribution in [-0.4, -0.2) is 55.1 Å². The monoisotopic (exact) mass is 265 g/mol. The average Bonchev–Trinajstić information content (AvgIpc) is 2.84. The second kappa shape index (κ2) is 5.29. The van der Waals surface area contributed by atoms with Crippen LogP contribution in [0.4, 0.5) is 0 Å². The van der Waals surface area contributed by atoms with Gasteiger partial charge in [0.05, 0.1) is 0 Å². The molecule has 0 aromatic carbocycles. The number of nitrogens with zero attached hydrogens (tertiary/aromatic N) is 2. The summed E-state index contributed by atoms with van der Waals surface area (Å²) < 4.78 is 0. The standard InChI is InChI=1S/C14H23N3S/c1-11-3-8-18-14(11)12(2)15-9-13-10-16-4-6-17(13)7-5-16/h3,8,12-13,15H,4-7,9-10H2,1-2H3. The summed E-state index contributed by atoms with van der Waals surface area (Å²) in [7, 11) is 0. The minimum absolute atomic E-state index is 0.488. The van der Waals surface area contributed by atoms with Gasteiger partial charge in [-0.2, -0.15) is 0 Å². The molecule has 3 aliphatic heterocycles. The number of aryl methyl sites for hydroxylation is 1. The molecule has 0 aliphatic carbocycles. The molecule has 100 valence electrons. The topological polar surface area (TPSA) is 18.5 Å². The fourth-order valence-corrected chi connectivity index (χ4v) is 4.11. The van der Waals surface area contributed by atoms with Crippen LogP contribution >= 0.6 is 11.3 Å². The lowest BCUT2D eigenvalue weighted by Crippen LogP contribution is -2.63. The number of hydrogen-bond acceptors (Lipinski definition) is 4. The van der Waals surface area contributed by atoms with Crippen LogP contribution in [0.2, 0.25) is 0 Å².